The second-order valence-corrected chi connectivity index (χ2v) is 4.75. The van der Waals surface area contributed by atoms with Crippen LogP contribution >= 0.6 is 0 Å². The molecule has 0 fully saturated rings. The predicted molar refractivity (Wildman–Crippen MR) is 79.1 cm³/mol. The van der Waals surface area contributed by atoms with Crippen molar-refractivity contribution in [2.75, 3.05) is 13.6 Å². The smallest absolute Gasteiger partial charge is 0.317 e. The molecular weight excluding hydrogens is 226 g/mol. The van der Waals surface area contributed by atoms with Crippen LogP contribution in [0.25, 0.3) is 0 Å². The van der Waals surface area contributed by atoms with E-state index in [0.717, 1.165) is 0 Å². The van der Waals surface area contributed by atoms with Gasteiger partial charge in [-0.15, -0.1) is 0 Å². The molecule has 0 saturated heterocycles. The Balaban J connectivity index is 0. The van der Waals surface area contributed by atoms with Crippen LogP contribution in [0, 0.1) is 0 Å². The van der Waals surface area contributed by atoms with Crippen LogP contribution in [-0.2, 0) is 4.79 Å². The van der Waals surface area contributed by atoms with Gasteiger partial charge in [0.15, 0.2) is 0 Å². The Hall–Kier alpha value is -0.570. The van der Waals surface area contributed by atoms with E-state index in [-0.39, 0.29) is 6.54 Å². The number of aliphatic carboxylic acids is 1. The molecule has 0 aromatic carbocycles. The van der Waals surface area contributed by atoms with Crippen molar-refractivity contribution in [3.63, 3.8) is 0 Å². The summed E-state index contributed by atoms with van der Waals surface area (Å²) < 4.78 is 0. The van der Waals surface area contributed by atoms with Crippen LogP contribution in [0.2, 0.25) is 0 Å². The SMILES string of the molecule is CCCCCCCCCCCC.CNCC(=O)O. The lowest BCUT2D eigenvalue weighted by molar-refractivity contribution is -0.135. The van der Waals surface area contributed by atoms with Crippen LogP contribution in [-0.4, -0.2) is 24.7 Å². The Morgan fingerprint density at radius 2 is 1.17 bits per heavy atom. The van der Waals surface area contributed by atoms with E-state index in [2.05, 4.69) is 19.2 Å². The van der Waals surface area contributed by atoms with Gasteiger partial charge in [-0.2, -0.15) is 0 Å². The first kappa shape index (κ1) is 19.8. The van der Waals surface area contributed by atoms with Crippen molar-refractivity contribution in [1.29, 1.82) is 0 Å². The van der Waals surface area contributed by atoms with Crippen LogP contribution in [0.3, 0.4) is 0 Å². The van der Waals surface area contributed by atoms with E-state index in [9.17, 15) is 4.79 Å². The van der Waals surface area contributed by atoms with Gasteiger partial charge in [0.2, 0.25) is 0 Å². The van der Waals surface area contributed by atoms with Crippen molar-refractivity contribution >= 4 is 5.97 Å². The van der Waals surface area contributed by atoms with E-state index in [4.69, 9.17) is 5.11 Å². The molecule has 18 heavy (non-hydrogen) atoms. The Kier molecular flexibility index (Phi) is 20.6. The minimum atomic E-state index is -0.822. The van der Waals surface area contributed by atoms with Gasteiger partial charge in [0, 0.05) is 0 Å². The summed E-state index contributed by atoms with van der Waals surface area (Å²) in [5.74, 6) is -0.822. The number of carbonyl (C=O) groups is 1. The van der Waals surface area contributed by atoms with E-state index < -0.39 is 5.97 Å². The zero-order chi connectivity index (χ0) is 14.1. The van der Waals surface area contributed by atoms with E-state index in [1.165, 1.54) is 64.2 Å². The van der Waals surface area contributed by atoms with Crippen molar-refractivity contribution in [1.82, 2.24) is 5.32 Å². The number of nitrogens with one attached hydrogen (secondary N) is 1. The third kappa shape index (κ3) is 24.6. The van der Waals surface area contributed by atoms with Crippen molar-refractivity contribution in [3.8, 4) is 0 Å². The van der Waals surface area contributed by atoms with Gasteiger partial charge >= 0.3 is 5.97 Å². The molecule has 110 valence electrons. The fourth-order valence-corrected chi connectivity index (χ4v) is 1.71. The summed E-state index contributed by atoms with van der Waals surface area (Å²) in [4.78, 5) is 9.54. The van der Waals surface area contributed by atoms with E-state index in [1.54, 1.807) is 7.05 Å². The maximum atomic E-state index is 9.54. The molecule has 0 bridgehead atoms. The van der Waals surface area contributed by atoms with E-state index in [0.29, 0.717) is 0 Å². The molecule has 0 aromatic rings. The quantitative estimate of drug-likeness (QED) is 0.546. The van der Waals surface area contributed by atoms with Crippen LogP contribution < -0.4 is 5.32 Å². The molecule has 0 aromatic heterocycles. The highest BCUT2D eigenvalue weighted by atomic mass is 16.4. The summed E-state index contributed by atoms with van der Waals surface area (Å²) >= 11 is 0. The van der Waals surface area contributed by atoms with Gasteiger partial charge in [0.05, 0.1) is 6.54 Å². The van der Waals surface area contributed by atoms with Gasteiger partial charge in [-0.05, 0) is 7.05 Å². The predicted octanol–water partition coefficient (Wildman–Crippen LogP) is 4.22. The zero-order valence-electron chi connectivity index (χ0n) is 12.6. The molecule has 0 aliphatic heterocycles. The summed E-state index contributed by atoms with van der Waals surface area (Å²) in [5.41, 5.74) is 0. The average molecular weight is 259 g/mol. The van der Waals surface area contributed by atoms with Crippen LogP contribution in [0.5, 0.6) is 0 Å². The number of hydrogen-bond donors (Lipinski definition) is 2. The average Bonchev–Trinajstić information content (AvgIpc) is 2.33. The monoisotopic (exact) mass is 259 g/mol. The Morgan fingerprint density at radius 3 is 1.33 bits per heavy atom. The second-order valence-electron chi connectivity index (χ2n) is 4.75. The molecule has 0 unspecified atom stereocenters. The van der Waals surface area contributed by atoms with E-state index >= 15 is 0 Å². The fourth-order valence-electron chi connectivity index (χ4n) is 1.71. The first-order chi connectivity index (χ1) is 8.68. The number of rotatable bonds is 11. The van der Waals surface area contributed by atoms with Gasteiger partial charge in [-0.3, -0.25) is 4.79 Å². The minimum Gasteiger partial charge on any atom is -0.480 e. The molecular formula is C15H33NO2. The molecule has 0 saturated carbocycles. The zero-order valence-corrected chi connectivity index (χ0v) is 12.6. The lowest BCUT2D eigenvalue weighted by Crippen LogP contribution is -2.16. The van der Waals surface area contributed by atoms with Gasteiger partial charge in [0.1, 0.15) is 0 Å². The number of hydrogen-bond acceptors (Lipinski definition) is 2. The van der Waals surface area contributed by atoms with Gasteiger partial charge in [-0.25, -0.2) is 0 Å². The number of carboxylic acids is 1. The normalized spacial score (nSPS) is 9.72. The highest BCUT2D eigenvalue weighted by Gasteiger charge is 1.90. The van der Waals surface area contributed by atoms with Gasteiger partial charge in [-0.1, -0.05) is 78.1 Å². The summed E-state index contributed by atoms with van der Waals surface area (Å²) in [7, 11) is 1.59. The van der Waals surface area contributed by atoms with Gasteiger partial charge < -0.3 is 10.4 Å². The standard InChI is InChI=1S/C12H26.C3H7NO2/c1-3-5-7-9-11-12-10-8-6-4-2;1-4-2-3(5)6/h3-12H2,1-2H3;4H,2H2,1H3,(H,5,6). The topological polar surface area (TPSA) is 49.3 Å². The molecule has 2 N–H and O–H groups in total. The molecule has 0 amide bonds. The Bertz CT molecular complexity index is 151. The van der Waals surface area contributed by atoms with E-state index in [1.807, 2.05) is 0 Å². The van der Waals surface area contributed by atoms with Crippen molar-refractivity contribution in [2.24, 2.45) is 0 Å². The summed E-state index contributed by atoms with van der Waals surface area (Å²) in [5, 5.41) is 10.3. The molecule has 3 heteroatoms. The van der Waals surface area contributed by atoms with Crippen molar-refractivity contribution in [2.45, 2.75) is 78.1 Å². The Morgan fingerprint density at radius 1 is 0.833 bits per heavy atom. The maximum Gasteiger partial charge on any atom is 0.317 e. The summed E-state index contributed by atoms with van der Waals surface area (Å²) in [6.45, 7) is 4.60. The van der Waals surface area contributed by atoms with Gasteiger partial charge in [0.25, 0.3) is 0 Å². The number of likely N-dealkylation sites (N-methyl/N-ethyl adjacent to an activating group) is 1. The molecule has 0 rings (SSSR count). The first-order valence-electron chi connectivity index (χ1n) is 7.55. The summed E-state index contributed by atoms with van der Waals surface area (Å²) in [6.07, 6.45) is 14.4. The number of carboxylic acid groups (broad SMARTS) is 1. The second kappa shape index (κ2) is 18.8. The molecule has 0 radical (unpaired) electrons. The van der Waals surface area contributed by atoms with Crippen LogP contribution in [0.1, 0.15) is 78.1 Å². The highest BCUT2D eigenvalue weighted by Crippen LogP contribution is 2.09. The molecule has 3 nitrogen and oxygen atoms in total. The molecule has 0 spiro atoms. The van der Waals surface area contributed by atoms with Crippen molar-refractivity contribution < 1.29 is 9.90 Å². The highest BCUT2D eigenvalue weighted by molar-refractivity contribution is 5.68. The minimum absolute atomic E-state index is 0.0417. The molecule has 0 atom stereocenters. The number of unbranched alkanes of at least 4 members (excludes halogenated alkanes) is 9. The summed E-state index contributed by atoms with van der Waals surface area (Å²) in [6, 6.07) is 0. The lowest BCUT2D eigenvalue weighted by Gasteiger charge is -1.99. The molecule has 0 aliphatic carbocycles. The fraction of sp³-hybridized carbons (Fsp3) is 0.933. The largest absolute Gasteiger partial charge is 0.480 e. The third-order valence-electron chi connectivity index (χ3n) is 2.79. The molecule has 0 aliphatic rings. The van der Waals surface area contributed by atoms with Crippen LogP contribution in [0.15, 0.2) is 0 Å². The molecule has 0 heterocycles. The third-order valence-corrected chi connectivity index (χ3v) is 2.79. The Labute approximate surface area is 113 Å². The van der Waals surface area contributed by atoms with Crippen LogP contribution in [0.4, 0.5) is 0 Å². The lowest BCUT2D eigenvalue weighted by atomic mass is 10.1. The maximum absolute atomic E-state index is 9.54. The first-order valence-corrected chi connectivity index (χ1v) is 7.55. The van der Waals surface area contributed by atoms with Crippen molar-refractivity contribution in [3.05, 3.63) is 0 Å².